The molecule has 0 atom stereocenters. The van der Waals surface area contributed by atoms with Crippen molar-refractivity contribution in [2.24, 2.45) is 5.41 Å². The number of benzene rings is 2. The van der Waals surface area contributed by atoms with E-state index in [-0.39, 0.29) is 17.0 Å². The minimum atomic E-state index is -0.373. The summed E-state index contributed by atoms with van der Waals surface area (Å²) in [4.78, 5) is 33.5. The van der Waals surface area contributed by atoms with Gasteiger partial charge in [0.25, 0.3) is 0 Å². The van der Waals surface area contributed by atoms with Gasteiger partial charge >= 0.3 is 0 Å². The van der Waals surface area contributed by atoms with Crippen LogP contribution in [-0.4, -0.2) is 28.6 Å². The van der Waals surface area contributed by atoms with Crippen molar-refractivity contribution in [3.8, 4) is 5.88 Å². The fourth-order valence-corrected chi connectivity index (χ4v) is 2.63. The van der Waals surface area contributed by atoms with Crippen molar-refractivity contribution in [2.45, 2.75) is 27.2 Å². The topological polar surface area (TPSA) is 69.2 Å². The van der Waals surface area contributed by atoms with Crippen molar-refractivity contribution < 1.29 is 14.3 Å². The smallest absolute Gasteiger partial charge is 0.232 e. The predicted octanol–water partition coefficient (Wildman–Crippen LogP) is 4.03. The number of carbonyl (C=O) groups is 2. The molecule has 2 aromatic carbocycles. The van der Waals surface area contributed by atoms with Crippen LogP contribution in [0.4, 0.5) is 0 Å². The monoisotopic (exact) mass is 362 g/mol. The van der Waals surface area contributed by atoms with Gasteiger partial charge in [0, 0.05) is 23.0 Å². The molecule has 5 heteroatoms. The van der Waals surface area contributed by atoms with E-state index in [1.807, 2.05) is 32.9 Å². The molecule has 0 saturated heterocycles. The second-order valence-corrected chi connectivity index (χ2v) is 7.49. The van der Waals surface area contributed by atoms with Gasteiger partial charge < -0.3 is 4.74 Å². The summed E-state index contributed by atoms with van der Waals surface area (Å²) < 4.78 is 5.09. The summed E-state index contributed by atoms with van der Waals surface area (Å²) in [5.41, 5.74) is 2.93. The summed E-state index contributed by atoms with van der Waals surface area (Å²) in [7, 11) is 1.52. The van der Waals surface area contributed by atoms with E-state index in [0.717, 1.165) is 5.56 Å². The van der Waals surface area contributed by atoms with Crippen molar-refractivity contribution in [2.75, 3.05) is 7.11 Å². The van der Waals surface area contributed by atoms with E-state index in [4.69, 9.17) is 4.74 Å². The van der Waals surface area contributed by atoms with Gasteiger partial charge in [-0.1, -0.05) is 45.0 Å². The molecular weight excluding hydrogens is 340 g/mol. The molecule has 0 saturated carbocycles. The van der Waals surface area contributed by atoms with Crippen LogP contribution in [0.2, 0.25) is 0 Å². The first-order valence-electron chi connectivity index (χ1n) is 8.75. The van der Waals surface area contributed by atoms with Gasteiger partial charge in [-0.3, -0.25) is 9.59 Å². The molecule has 0 spiro atoms. The van der Waals surface area contributed by atoms with Crippen LogP contribution in [-0.2, 0) is 11.2 Å². The lowest BCUT2D eigenvalue weighted by Crippen LogP contribution is -2.22. The van der Waals surface area contributed by atoms with Gasteiger partial charge in [-0.15, -0.1) is 0 Å². The van der Waals surface area contributed by atoms with Gasteiger partial charge in [0.15, 0.2) is 5.78 Å². The Kier molecular flexibility index (Phi) is 5.04. The number of ketones is 2. The predicted molar refractivity (Wildman–Crippen MR) is 104 cm³/mol. The Labute approximate surface area is 158 Å². The second-order valence-electron chi connectivity index (χ2n) is 7.49. The minimum absolute atomic E-state index is 0.102. The van der Waals surface area contributed by atoms with E-state index in [2.05, 4.69) is 9.97 Å². The van der Waals surface area contributed by atoms with Crippen LogP contribution < -0.4 is 4.74 Å². The van der Waals surface area contributed by atoms with Gasteiger partial charge in [0.05, 0.1) is 24.3 Å². The molecule has 0 fully saturated rings. The highest BCUT2D eigenvalue weighted by atomic mass is 16.5. The lowest BCUT2D eigenvalue weighted by molar-refractivity contribution is -0.125. The van der Waals surface area contributed by atoms with Gasteiger partial charge in [0.1, 0.15) is 5.78 Å². The molecule has 0 bridgehead atoms. The number of hydrogen-bond acceptors (Lipinski definition) is 5. The summed E-state index contributed by atoms with van der Waals surface area (Å²) >= 11 is 0. The Morgan fingerprint density at radius 1 is 0.963 bits per heavy atom. The first-order valence-corrected chi connectivity index (χ1v) is 8.75. The van der Waals surface area contributed by atoms with Crippen LogP contribution in [0.25, 0.3) is 11.0 Å². The third-order valence-corrected chi connectivity index (χ3v) is 4.41. The number of carbonyl (C=O) groups excluding carboxylic acids is 2. The third-order valence-electron chi connectivity index (χ3n) is 4.41. The quantitative estimate of drug-likeness (QED) is 0.641. The average Bonchev–Trinajstić information content (AvgIpc) is 2.66. The Morgan fingerprint density at radius 3 is 2.26 bits per heavy atom. The molecule has 0 unspecified atom stereocenters. The summed E-state index contributed by atoms with van der Waals surface area (Å²) in [6.07, 6.45) is 1.91. The van der Waals surface area contributed by atoms with E-state index < -0.39 is 0 Å². The van der Waals surface area contributed by atoms with Crippen LogP contribution in [0, 0.1) is 5.41 Å². The molecule has 1 aromatic heterocycles. The standard InChI is InChI=1S/C22H22N2O3/c1-22(2,3)19(25)11-14-5-7-15(8-6-14)21(26)16-9-10-17-18(12-16)24-20(27-4)13-23-17/h5-10,12-13H,11H2,1-4H3. The van der Waals surface area contributed by atoms with E-state index >= 15 is 0 Å². The lowest BCUT2D eigenvalue weighted by Gasteiger charge is -2.16. The zero-order chi connectivity index (χ0) is 19.6. The maximum Gasteiger partial charge on any atom is 0.232 e. The number of aromatic nitrogens is 2. The molecule has 0 aliphatic rings. The van der Waals surface area contributed by atoms with Gasteiger partial charge in [0.2, 0.25) is 5.88 Å². The summed E-state index contributed by atoms with van der Waals surface area (Å²) in [6, 6.07) is 12.4. The molecule has 3 rings (SSSR count). The fraction of sp³-hybridized carbons (Fsp3) is 0.273. The van der Waals surface area contributed by atoms with Crippen molar-refractivity contribution in [1.29, 1.82) is 0 Å². The van der Waals surface area contributed by atoms with Crippen molar-refractivity contribution in [3.63, 3.8) is 0 Å². The second kappa shape index (κ2) is 7.27. The van der Waals surface area contributed by atoms with E-state index in [1.54, 1.807) is 36.5 Å². The van der Waals surface area contributed by atoms with E-state index in [1.165, 1.54) is 7.11 Å². The molecule has 0 radical (unpaired) electrons. The number of nitrogens with zero attached hydrogens (tertiary/aromatic N) is 2. The normalized spacial score (nSPS) is 11.4. The number of rotatable bonds is 5. The lowest BCUT2D eigenvalue weighted by atomic mass is 9.87. The van der Waals surface area contributed by atoms with E-state index in [0.29, 0.717) is 34.5 Å². The molecule has 138 valence electrons. The van der Waals surface area contributed by atoms with Crippen molar-refractivity contribution in [1.82, 2.24) is 9.97 Å². The van der Waals surface area contributed by atoms with Crippen LogP contribution in [0.5, 0.6) is 5.88 Å². The molecule has 5 nitrogen and oxygen atoms in total. The molecular formula is C22H22N2O3. The van der Waals surface area contributed by atoms with E-state index in [9.17, 15) is 9.59 Å². The molecule has 27 heavy (non-hydrogen) atoms. The van der Waals surface area contributed by atoms with Crippen LogP contribution in [0.15, 0.2) is 48.7 Å². The first-order chi connectivity index (χ1) is 12.8. The molecule has 0 aliphatic heterocycles. The third kappa shape index (κ3) is 4.19. The van der Waals surface area contributed by atoms with Gasteiger partial charge in [-0.25, -0.2) is 9.97 Å². The zero-order valence-electron chi connectivity index (χ0n) is 15.9. The molecule has 1 heterocycles. The number of methoxy groups -OCH3 is 1. The highest BCUT2D eigenvalue weighted by molar-refractivity contribution is 6.10. The van der Waals surface area contributed by atoms with Gasteiger partial charge in [-0.05, 0) is 23.8 Å². The molecule has 3 aromatic rings. The van der Waals surface area contributed by atoms with Crippen molar-refractivity contribution in [3.05, 3.63) is 65.4 Å². The summed E-state index contributed by atoms with van der Waals surface area (Å²) in [5, 5.41) is 0. The maximum atomic E-state index is 12.8. The summed E-state index contributed by atoms with van der Waals surface area (Å²) in [5.74, 6) is 0.471. The SMILES string of the molecule is COc1cnc2ccc(C(=O)c3ccc(CC(=O)C(C)(C)C)cc3)cc2n1. The highest BCUT2D eigenvalue weighted by Crippen LogP contribution is 2.20. The number of fused-ring (bicyclic) bond motifs is 1. The molecule has 0 aliphatic carbocycles. The van der Waals surface area contributed by atoms with Crippen LogP contribution in [0.1, 0.15) is 42.3 Å². The van der Waals surface area contributed by atoms with Crippen LogP contribution in [0.3, 0.4) is 0 Å². The molecule has 0 N–H and O–H groups in total. The number of Topliss-reactive ketones (excluding diaryl/α,β-unsaturated/α-hetero) is 1. The number of hydrogen-bond donors (Lipinski definition) is 0. The Morgan fingerprint density at radius 2 is 1.63 bits per heavy atom. The first kappa shape index (κ1) is 18.7. The van der Waals surface area contributed by atoms with Gasteiger partial charge in [-0.2, -0.15) is 0 Å². The zero-order valence-corrected chi connectivity index (χ0v) is 15.9. The summed E-state index contributed by atoms with van der Waals surface area (Å²) in [6.45, 7) is 5.72. The van der Waals surface area contributed by atoms with Crippen molar-refractivity contribution >= 4 is 22.6 Å². The minimum Gasteiger partial charge on any atom is -0.480 e. The number of ether oxygens (including phenoxy) is 1. The Bertz CT molecular complexity index is 1000. The Hall–Kier alpha value is -3.08. The highest BCUT2D eigenvalue weighted by Gasteiger charge is 2.21. The Balaban J connectivity index is 1.83. The van der Waals surface area contributed by atoms with Crippen LogP contribution >= 0.6 is 0 Å². The molecule has 0 amide bonds. The largest absolute Gasteiger partial charge is 0.480 e. The maximum absolute atomic E-state index is 12.8. The fourth-order valence-electron chi connectivity index (χ4n) is 2.63. The average molecular weight is 362 g/mol.